The van der Waals surface area contributed by atoms with Crippen molar-refractivity contribution in [1.82, 2.24) is 0 Å². The Morgan fingerprint density at radius 1 is 1.11 bits per heavy atom. The fraction of sp³-hybridized carbons (Fsp3) is 0.0714. The number of rotatable bonds is 4. The van der Waals surface area contributed by atoms with Gasteiger partial charge in [0, 0.05) is 20.7 Å². The highest BCUT2D eigenvalue weighted by Gasteiger charge is 2.03. The molecule has 2 rings (SSSR count). The Morgan fingerprint density at radius 3 is 2.37 bits per heavy atom. The molecule has 0 radical (unpaired) electrons. The van der Waals surface area contributed by atoms with Crippen LogP contribution in [0.25, 0.3) is 0 Å². The molecule has 0 aliphatic heterocycles. The van der Waals surface area contributed by atoms with Gasteiger partial charge in [0.15, 0.2) is 0 Å². The third kappa shape index (κ3) is 4.61. The lowest BCUT2D eigenvalue weighted by atomic mass is 10.3. The van der Waals surface area contributed by atoms with Gasteiger partial charge in [-0.05, 0) is 48.5 Å². The lowest BCUT2D eigenvalue weighted by Crippen LogP contribution is -2.13. The first-order valence-corrected chi connectivity index (χ1v) is 7.45. The van der Waals surface area contributed by atoms with E-state index in [2.05, 4.69) is 21.2 Å². The van der Waals surface area contributed by atoms with Crippen molar-refractivity contribution in [2.75, 3.05) is 16.8 Å². The first-order valence-electron chi connectivity index (χ1n) is 5.67. The van der Waals surface area contributed by atoms with Crippen LogP contribution < -0.4 is 11.1 Å². The van der Waals surface area contributed by atoms with E-state index in [0.29, 0.717) is 11.4 Å². The van der Waals surface area contributed by atoms with Crippen molar-refractivity contribution in [2.24, 2.45) is 0 Å². The van der Waals surface area contributed by atoms with Gasteiger partial charge in [-0.25, -0.2) is 0 Å². The summed E-state index contributed by atoms with van der Waals surface area (Å²) in [6.07, 6.45) is 0. The van der Waals surface area contributed by atoms with Crippen LogP contribution in [-0.2, 0) is 4.79 Å². The van der Waals surface area contributed by atoms with Crippen LogP contribution >= 0.6 is 27.7 Å². The van der Waals surface area contributed by atoms with E-state index >= 15 is 0 Å². The molecule has 0 saturated heterocycles. The number of carbonyl (C=O) groups excluding carboxylic acids is 1. The Morgan fingerprint density at radius 2 is 1.74 bits per heavy atom. The van der Waals surface area contributed by atoms with Crippen molar-refractivity contribution in [3.8, 4) is 0 Å². The number of thioether (sulfide) groups is 1. The molecule has 0 fully saturated rings. The number of carbonyl (C=O) groups is 1. The van der Waals surface area contributed by atoms with E-state index in [1.54, 1.807) is 24.3 Å². The molecule has 1 amide bonds. The molecule has 2 aromatic rings. The molecular formula is C14H13BrN2OS. The quantitative estimate of drug-likeness (QED) is 0.660. The molecule has 3 nitrogen and oxygen atoms in total. The molecular weight excluding hydrogens is 324 g/mol. The first kappa shape index (κ1) is 14.0. The SMILES string of the molecule is Nc1ccc(NC(=O)CSc2ccc(Br)cc2)cc1. The van der Waals surface area contributed by atoms with E-state index in [4.69, 9.17) is 5.73 Å². The molecule has 0 heterocycles. The van der Waals surface area contributed by atoms with Gasteiger partial charge in [0.1, 0.15) is 0 Å². The molecule has 0 aliphatic rings. The van der Waals surface area contributed by atoms with E-state index in [9.17, 15) is 4.79 Å². The van der Waals surface area contributed by atoms with E-state index in [-0.39, 0.29) is 5.91 Å². The zero-order valence-corrected chi connectivity index (χ0v) is 12.5. The maximum absolute atomic E-state index is 11.8. The summed E-state index contributed by atoms with van der Waals surface area (Å²) in [7, 11) is 0. The molecule has 0 unspecified atom stereocenters. The molecule has 2 aromatic carbocycles. The van der Waals surface area contributed by atoms with Gasteiger partial charge < -0.3 is 11.1 Å². The van der Waals surface area contributed by atoms with Crippen LogP contribution in [0.4, 0.5) is 11.4 Å². The van der Waals surface area contributed by atoms with Gasteiger partial charge in [0.2, 0.25) is 5.91 Å². The van der Waals surface area contributed by atoms with Crippen molar-refractivity contribution in [3.63, 3.8) is 0 Å². The Kier molecular flexibility index (Phi) is 4.87. The van der Waals surface area contributed by atoms with Crippen LogP contribution in [-0.4, -0.2) is 11.7 Å². The number of amides is 1. The molecule has 3 N–H and O–H groups in total. The average Bonchev–Trinajstić information content (AvgIpc) is 2.41. The van der Waals surface area contributed by atoms with Gasteiger partial charge >= 0.3 is 0 Å². The molecule has 0 spiro atoms. The lowest BCUT2D eigenvalue weighted by molar-refractivity contribution is -0.113. The van der Waals surface area contributed by atoms with E-state index in [1.165, 1.54) is 11.8 Å². The van der Waals surface area contributed by atoms with Gasteiger partial charge in [0.25, 0.3) is 0 Å². The van der Waals surface area contributed by atoms with Crippen molar-refractivity contribution < 1.29 is 4.79 Å². The van der Waals surface area contributed by atoms with Crippen LogP contribution in [0.2, 0.25) is 0 Å². The van der Waals surface area contributed by atoms with Gasteiger partial charge in [-0.3, -0.25) is 4.79 Å². The predicted molar refractivity (Wildman–Crippen MR) is 84.4 cm³/mol. The normalized spacial score (nSPS) is 10.2. The van der Waals surface area contributed by atoms with Crippen molar-refractivity contribution >= 4 is 45.0 Å². The number of hydrogen-bond donors (Lipinski definition) is 2. The number of halogens is 1. The second-order valence-electron chi connectivity index (χ2n) is 3.91. The fourth-order valence-corrected chi connectivity index (χ4v) is 2.41. The second-order valence-corrected chi connectivity index (χ2v) is 5.88. The molecule has 5 heteroatoms. The Labute approximate surface area is 124 Å². The topological polar surface area (TPSA) is 55.1 Å². The number of anilines is 2. The standard InChI is InChI=1S/C14H13BrN2OS/c15-10-1-7-13(8-2-10)19-9-14(18)17-12-5-3-11(16)4-6-12/h1-8H,9,16H2,(H,17,18). The number of hydrogen-bond acceptors (Lipinski definition) is 3. The highest BCUT2D eigenvalue weighted by molar-refractivity contribution is 9.10. The van der Waals surface area contributed by atoms with E-state index in [0.717, 1.165) is 15.1 Å². The monoisotopic (exact) mass is 336 g/mol. The molecule has 0 aliphatic carbocycles. The van der Waals surface area contributed by atoms with Crippen molar-refractivity contribution in [1.29, 1.82) is 0 Å². The van der Waals surface area contributed by atoms with Crippen molar-refractivity contribution in [2.45, 2.75) is 4.90 Å². The molecule has 0 atom stereocenters. The summed E-state index contributed by atoms with van der Waals surface area (Å²) in [5, 5.41) is 2.83. The van der Waals surface area contributed by atoms with Crippen molar-refractivity contribution in [3.05, 3.63) is 53.0 Å². The largest absolute Gasteiger partial charge is 0.399 e. The summed E-state index contributed by atoms with van der Waals surface area (Å²) in [6, 6.07) is 15.0. The molecule has 0 bridgehead atoms. The fourth-order valence-electron chi connectivity index (χ4n) is 1.44. The highest BCUT2D eigenvalue weighted by Crippen LogP contribution is 2.21. The average molecular weight is 337 g/mol. The Bertz CT molecular complexity index is 555. The minimum Gasteiger partial charge on any atom is -0.399 e. The zero-order chi connectivity index (χ0) is 13.7. The summed E-state index contributed by atoms with van der Waals surface area (Å²) in [5.41, 5.74) is 7.03. The third-order valence-electron chi connectivity index (χ3n) is 2.38. The number of nitrogens with two attached hydrogens (primary N) is 1. The minimum atomic E-state index is -0.0299. The number of nitrogens with one attached hydrogen (secondary N) is 1. The first-order chi connectivity index (χ1) is 9.13. The lowest BCUT2D eigenvalue weighted by Gasteiger charge is -2.05. The van der Waals surface area contributed by atoms with E-state index < -0.39 is 0 Å². The Balaban J connectivity index is 1.84. The summed E-state index contributed by atoms with van der Waals surface area (Å²) in [5.74, 6) is 0.351. The summed E-state index contributed by atoms with van der Waals surface area (Å²) >= 11 is 4.88. The highest BCUT2D eigenvalue weighted by atomic mass is 79.9. The van der Waals surface area contributed by atoms with Gasteiger partial charge in [-0.15, -0.1) is 11.8 Å². The number of nitrogen functional groups attached to an aromatic ring is 1. The van der Waals surface area contributed by atoms with Crippen LogP contribution in [0.5, 0.6) is 0 Å². The molecule has 0 aromatic heterocycles. The summed E-state index contributed by atoms with van der Waals surface area (Å²) < 4.78 is 1.03. The van der Waals surface area contributed by atoms with Crippen LogP contribution in [0.1, 0.15) is 0 Å². The molecule has 19 heavy (non-hydrogen) atoms. The van der Waals surface area contributed by atoms with Gasteiger partial charge in [-0.2, -0.15) is 0 Å². The Hall–Kier alpha value is -1.46. The van der Waals surface area contributed by atoms with Crippen LogP contribution in [0.3, 0.4) is 0 Å². The minimum absolute atomic E-state index is 0.0299. The maximum atomic E-state index is 11.8. The van der Waals surface area contributed by atoms with Gasteiger partial charge in [0.05, 0.1) is 5.75 Å². The number of benzene rings is 2. The molecule has 0 saturated carbocycles. The third-order valence-corrected chi connectivity index (χ3v) is 3.92. The van der Waals surface area contributed by atoms with Crippen LogP contribution in [0.15, 0.2) is 57.9 Å². The van der Waals surface area contributed by atoms with Crippen LogP contribution in [0, 0.1) is 0 Å². The maximum Gasteiger partial charge on any atom is 0.234 e. The second kappa shape index (κ2) is 6.63. The van der Waals surface area contributed by atoms with E-state index in [1.807, 2.05) is 24.3 Å². The zero-order valence-electron chi connectivity index (χ0n) is 10.1. The smallest absolute Gasteiger partial charge is 0.234 e. The summed E-state index contributed by atoms with van der Waals surface area (Å²) in [6.45, 7) is 0. The summed E-state index contributed by atoms with van der Waals surface area (Å²) in [4.78, 5) is 12.8. The predicted octanol–water partition coefficient (Wildman–Crippen LogP) is 3.76. The molecule has 98 valence electrons. The van der Waals surface area contributed by atoms with Gasteiger partial charge in [-0.1, -0.05) is 15.9 Å².